The first kappa shape index (κ1) is 19.4. The van der Waals surface area contributed by atoms with Crippen molar-refractivity contribution < 1.29 is 0 Å². The second-order valence-electron chi connectivity index (χ2n) is 8.10. The average molecular weight is 364 g/mol. The van der Waals surface area contributed by atoms with Crippen LogP contribution in [0.15, 0.2) is 34.6 Å². The largest absolute Gasteiger partial charge is 0.145 e. The SMILES string of the molecule is Cc1cc(C)c(N=O)c(C(c2cc(C)cc(C)c2N=O)C2CCCCC2)c1. The Hall–Kier alpha value is -2.36. The quantitative estimate of drug-likeness (QED) is 0.518. The van der Waals surface area contributed by atoms with Gasteiger partial charge in [-0.2, -0.15) is 0 Å². The molecule has 0 aliphatic heterocycles. The Morgan fingerprint density at radius 1 is 0.741 bits per heavy atom. The Balaban J connectivity index is 2.29. The monoisotopic (exact) mass is 364 g/mol. The number of hydrogen-bond donors (Lipinski definition) is 0. The van der Waals surface area contributed by atoms with Gasteiger partial charge in [-0.15, -0.1) is 9.81 Å². The lowest BCUT2D eigenvalue weighted by Crippen LogP contribution is -2.19. The lowest BCUT2D eigenvalue weighted by molar-refractivity contribution is 0.328. The second kappa shape index (κ2) is 8.12. The van der Waals surface area contributed by atoms with Crippen molar-refractivity contribution in [3.8, 4) is 0 Å². The van der Waals surface area contributed by atoms with E-state index in [4.69, 9.17) is 0 Å². The molecule has 0 amide bonds. The number of rotatable bonds is 5. The van der Waals surface area contributed by atoms with E-state index in [1.807, 2.05) is 39.8 Å². The van der Waals surface area contributed by atoms with Gasteiger partial charge in [0.15, 0.2) is 0 Å². The van der Waals surface area contributed by atoms with Gasteiger partial charge in [0.05, 0.1) is 0 Å². The van der Waals surface area contributed by atoms with Gasteiger partial charge in [-0.25, -0.2) is 0 Å². The standard InChI is InChI=1S/C23H28N2O2/c1-14-10-16(3)22(24-26)19(12-14)21(18-8-6-5-7-9-18)20-13-15(2)11-17(4)23(20)25-27/h10-13,18,21H,5-9H2,1-4H3. The molecule has 2 aromatic carbocycles. The fourth-order valence-electron chi connectivity index (χ4n) is 4.85. The number of benzene rings is 2. The van der Waals surface area contributed by atoms with Crippen molar-refractivity contribution in [2.45, 2.75) is 65.7 Å². The lowest BCUT2D eigenvalue weighted by atomic mass is 9.71. The number of nitroso groups, excluding NO2 is 2. The van der Waals surface area contributed by atoms with Crippen molar-refractivity contribution in [1.29, 1.82) is 0 Å². The number of aryl methyl sites for hydroxylation is 4. The molecule has 4 heteroatoms. The van der Waals surface area contributed by atoms with Gasteiger partial charge in [-0.05, 0) is 79.1 Å². The first-order valence-electron chi connectivity index (χ1n) is 9.85. The normalized spacial score (nSPS) is 15.1. The predicted octanol–water partition coefficient (Wildman–Crippen LogP) is 7.43. The Labute approximate surface area is 161 Å². The third-order valence-corrected chi connectivity index (χ3v) is 5.92. The van der Waals surface area contributed by atoms with Gasteiger partial charge in [0.1, 0.15) is 11.4 Å². The third kappa shape index (κ3) is 3.85. The molecular formula is C23H28N2O2. The van der Waals surface area contributed by atoms with Crippen LogP contribution in [0.4, 0.5) is 11.4 Å². The van der Waals surface area contributed by atoms with E-state index in [-0.39, 0.29) is 5.92 Å². The Morgan fingerprint density at radius 3 is 1.59 bits per heavy atom. The molecule has 0 heterocycles. The Kier molecular flexibility index (Phi) is 5.83. The van der Waals surface area contributed by atoms with Gasteiger partial charge < -0.3 is 0 Å². The van der Waals surface area contributed by atoms with Crippen molar-refractivity contribution in [2.75, 3.05) is 0 Å². The minimum absolute atomic E-state index is 0.0251. The molecule has 0 atom stereocenters. The molecule has 0 spiro atoms. The van der Waals surface area contributed by atoms with Gasteiger partial charge in [0.25, 0.3) is 0 Å². The summed E-state index contributed by atoms with van der Waals surface area (Å²) in [5, 5.41) is 6.79. The van der Waals surface area contributed by atoms with Crippen LogP contribution >= 0.6 is 0 Å². The van der Waals surface area contributed by atoms with E-state index in [1.165, 1.54) is 19.3 Å². The summed E-state index contributed by atoms with van der Waals surface area (Å²) in [7, 11) is 0. The predicted molar refractivity (Wildman–Crippen MR) is 111 cm³/mol. The first-order valence-corrected chi connectivity index (χ1v) is 9.85. The lowest BCUT2D eigenvalue weighted by Gasteiger charge is -2.33. The van der Waals surface area contributed by atoms with E-state index in [2.05, 4.69) is 22.5 Å². The van der Waals surface area contributed by atoms with Crippen LogP contribution in [-0.2, 0) is 0 Å². The summed E-state index contributed by atoms with van der Waals surface area (Å²) in [6, 6.07) is 8.15. The maximum Gasteiger partial charge on any atom is 0.114 e. The fraction of sp³-hybridized carbons (Fsp3) is 0.478. The van der Waals surface area contributed by atoms with Crippen molar-refractivity contribution in [3.63, 3.8) is 0 Å². The van der Waals surface area contributed by atoms with E-state index < -0.39 is 0 Å². The number of hydrogen-bond acceptors (Lipinski definition) is 4. The third-order valence-electron chi connectivity index (χ3n) is 5.92. The molecule has 3 rings (SSSR count). The first-order chi connectivity index (χ1) is 13.0. The topological polar surface area (TPSA) is 58.9 Å². The van der Waals surface area contributed by atoms with Crippen LogP contribution in [0.5, 0.6) is 0 Å². The van der Waals surface area contributed by atoms with Crippen molar-refractivity contribution in [1.82, 2.24) is 0 Å². The van der Waals surface area contributed by atoms with Crippen molar-refractivity contribution >= 4 is 11.4 Å². The summed E-state index contributed by atoms with van der Waals surface area (Å²) in [5.41, 5.74) is 6.95. The molecule has 1 aliphatic carbocycles. The summed E-state index contributed by atoms with van der Waals surface area (Å²) in [4.78, 5) is 23.5. The van der Waals surface area contributed by atoms with E-state index in [0.717, 1.165) is 46.2 Å². The zero-order valence-electron chi connectivity index (χ0n) is 16.7. The molecule has 0 bridgehead atoms. The minimum atomic E-state index is -0.0251. The molecule has 1 aliphatic rings. The van der Waals surface area contributed by atoms with E-state index in [1.54, 1.807) is 0 Å². The highest BCUT2D eigenvalue weighted by Gasteiger charge is 2.32. The Bertz CT molecular complexity index is 804. The molecule has 0 aromatic heterocycles. The van der Waals surface area contributed by atoms with Crippen LogP contribution in [0, 0.1) is 43.4 Å². The number of nitrogens with zero attached hydrogens (tertiary/aromatic N) is 2. The van der Waals surface area contributed by atoms with Crippen LogP contribution in [-0.4, -0.2) is 0 Å². The highest BCUT2D eigenvalue weighted by atomic mass is 16.3. The van der Waals surface area contributed by atoms with Crippen LogP contribution in [0.25, 0.3) is 0 Å². The minimum Gasteiger partial charge on any atom is -0.145 e. The van der Waals surface area contributed by atoms with E-state index in [9.17, 15) is 9.81 Å². The summed E-state index contributed by atoms with van der Waals surface area (Å²) < 4.78 is 0. The molecule has 4 nitrogen and oxygen atoms in total. The van der Waals surface area contributed by atoms with Crippen LogP contribution in [0.1, 0.15) is 71.4 Å². The molecular weight excluding hydrogens is 336 g/mol. The van der Waals surface area contributed by atoms with Gasteiger partial charge in [-0.3, -0.25) is 0 Å². The highest BCUT2D eigenvalue weighted by molar-refractivity contribution is 5.63. The summed E-state index contributed by atoms with van der Waals surface area (Å²) in [6.45, 7) is 7.96. The fourth-order valence-corrected chi connectivity index (χ4v) is 4.85. The summed E-state index contributed by atoms with van der Waals surface area (Å²) >= 11 is 0. The van der Waals surface area contributed by atoms with E-state index >= 15 is 0 Å². The van der Waals surface area contributed by atoms with Crippen molar-refractivity contribution in [2.24, 2.45) is 16.3 Å². The average Bonchev–Trinajstić information content (AvgIpc) is 2.62. The zero-order valence-corrected chi connectivity index (χ0v) is 16.7. The van der Waals surface area contributed by atoms with E-state index in [0.29, 0.717) is 17.3 Å². The van der Waals surface area contributed by atoms with Crippen LogP contribution in [0.2, 0.25) is 0 Å². The smallest absolute Gasteiger partial charge is 0.114 e. The van der Waals surface area contributed by atoms with Crippen molar-refractivity contribution in [3.05, 3.63) is 67.5 Å². The molecule has 0 radical (unpaired) electrons. The summed E-state index contributed by atoms with van der Waals surface area (Å²) in [5.74, 6) is 0.366. The molecule has 1 saturated carbocycles. The molecule has 0 unspecified atom stereocenters. The second-order valence-corrected chi connectivity index (χ2v) is 8.10. The Morgan fingerprint density at radius 2 is 1.19 bits per heavy atom. The maximum atomic E-state index is 11.7. The molecule has 0 saturated heterocycles. The zero-order chi connectivity index (χ0) is 19.6. The molecule has 0 N–H and O–H groups in total. The maximum absolute atomic E-state index is 11.7. The van der Waals surface area contributed by atoms with Gasteiger partial charge in [0.2, 0.25) is 0 Å². The van der Waals surface area contributed by atoms with Gasteiger partial charge in [-0.1, -0.05) is 54.7 Å². The molecule has 2 aromatic rings. The van der Waals surface area contributed by atoms with Gasteiger partial charge >= 0.3 is 0 Å². The van der Waals surface area contributed by atoms with Crippen LogP contribution in [0.3, 0.4) is 0 Å². The summed E-state index contributed by atoms with van der Waals surface area (Å²) in [6.07, 6.45) is 5.82. The van der Waals surface area contributed by atoms with Crippen LogP contribution < -0.4 is 0 Å². The van der Waals surface area contributed by atoms with Gasteiger partial charge in [0, 0.05) is 5.92 Å². The molecule has 142 valence electrons. The molecule has 27 heavy (non-hydrogen) atoms. The molecule has 1 fully saturated rings. The highest BCUT2D eigenvalue weighted by Crippen LogP contribution is 2.48.